The summed E-state index contributed by atoms with van der Waals surface area (Å²) in [6, 6.07) is 4.00. The van der Waals surface area contributed by atoms with Crippen molar-refractivity contribution in [3.05, 3.63) is 39.1 Å². The molecule has 1 aromatic rings. The fourth-order valence-electron chi connectivity index (χ4n) is 3.92. The lowest BCUT2D eigenvalue weighted by Crippen LogP contribution is -2.19. The highest BCUT2D eigenvalue weighted by Gasteiger charge is 2.36. The predicted molar refractivity (Wildman–Crippen MR) is 94.4 cm³/mol. The second kappa shape index (κ2) is 6.78. The molecular formula is C19H23BrO3. The first kappa shape index (κ1) is 16.7. The van der Waals surface area contributed by atoms with Crippen molar-refractivity contribution in [3.63, 3.8) is 0 Å². The normalized spacial score (nSPS) is 22.9. The molecule has 1 aliphatic carbocycles. The third-order valence-corrected chi connectivity index (χ3v) is 5.52. The van der Waals surface area contributed by atoms with E-state index in [1.165, 1.54) is 0 Å². The average Bonchev–Trinajstić information content (AvgIpc) is 2.75. The van der Waals surface area contributed by atoms with Gasteiger partial charge in [0.05, 0.1) is 5.57 Å². The van der Waals surface area contributed by atoms with E-state index >= 15 is 0 Å². The van der Waals surface area contributed by atoms with Gasteiger partial charge in [-0.15, -0.1) is 0 Å². The topological polar surface area (TPSA) is 46.5 Å². The molecule has 0 radical (unpaired) electrons. The first-order valence-electron chi connectivity index (χ1n) is 8.28. The summed E-state index contributed by atoms with van der Waals surface area (Å²) in [5.41, 5.74) is 3.51. The fraction of sp³-hybridized carbons (Fsp3) is 0.526. The highest BCUT2D eigenvalue weighted by Crippen LogP contribution is 2.41. The van der Waals surface area contributed by atoms with E-state index in [0.717, 1.165) is 53.6 Å². The third kappa shape index (κ3) is 3.38. The summed E-state index contributed by atoms with van der Waals surface area (Å²) in [4.78, 5) is 12.6. The van der Waals surface area contributed by atoms with E-state index in [0.29, 0.717) is 23.7 Å². The second-order valence-electron chi connectivity index (χ2n) is 6.79. The molecule has 1 heterocycles. The van der Waals surface area contributed by atoms with Gasteiger partial charge in [-0.25, -0.2) is 0 Å². The number of hydrogen-bond acceptors (Lipinski definition) is 3. The summed E-state index contributed by atoms with van der Waals surface area (Å²) < 4.78 is 6.40. The number of allylic oxidation sites excluding steroid dienone is 2. The Bertz CT molecular complexity index is 634. The molecule has 3 rings (SSSR count). The van der Waals surface area contributed by atoms with Crippen LogP contribution < -0.4 is 0 Å². The Labute approximate surface area is 145 Å². The lowest BCUT2D eigenvalue weighted by Gasteiger charge is -2.24. The summed E-state index contributed by atoms with van der Waals surface area (Å²) in [5, 5.41) is 10.7. The molecule has 1 N–H and O–H groups in total. The predicted octanol–water partition coefficient (Wildman–Crippen LogP) is 4.74. The van der Waals surface area contributed by atoms with Crippen LogP contribution in [0.1, 0.15) is 42.4 Å². The highest BCUT2D eigenvalue weighted by molar-refractivity contribution is 9.10. The molecule has 1 saturated heterocycles. The third-order valence-electron chi connectivity index (χ3n) is 5.06. The van der Waals surface area contributed by atoms with Gasteiger partial charge < -0.3 is 9.84 Å². The number of aryl methyl sites for hydroxylation is 2. The van der Waals surface area contributed by atoms with Crippen LogP contribution in [0, 0.1) is 25.7 Å². The molecule has 124 valence electrons. The van der Waals surface area contributed by atoms with Crippen molar-refractivity contribution >= 4 is 27.3 Å². The van der Waals surface area contributed by atoms with Crippen LogP contribution >= 0.6 is 15.9 Å². The van der Waals surface area contributed by atoms with Crippen molar-refractivity contribution in [1.82, 2.24) is 0 Å². The summed E-state index contributed by atoms with van der Waals surface area (Å²) in [6.07, 6.45) is 3.39. The first-order valence-corrected chi connectivity index (χ1v) is 9.08. The Morgan fingerprint density at radius 3 is 2.43 bits per heavy atom. The van der Waals surface area contributed by atoms with Crippen LogP contribution in [0.3, 0.4) is 0 Å². The standard InChI is InChI=1S/C19H23BrO3/c1-11-7-15(20)8-12(2)17(11)18-16(21)10-14(19(18)22)9-13-3-5-23-6-4-13/h7-8,13-14,22H,3-6,9-10H2,1-2H3. The molecule has 1 atom stereocenters. The van der Waals surface area contributed by atoms with Crippen molar-refractivity contribution < 1.29 is 14.6 Å². The highest BCUT2D eigenvalue weighted by atomic mass is 79.9. The zero-order chi connectivity index (χ0) is 16.6. The van der Waals surface area contributed by atoms with E-state index in [1.807, 2.05) is 26.0 Å². The fourth-order valence-corrected chi connectivity index (χ4v) is 4.61. The van der Waals surface area contributed by atoms with Crippen LogP contribution in [0.2, 0.25) is 0 Å². The minimum Gasteiger partial charge on any atom is -0.511 e. The van der Waals surface area contributed by atoms with Gasteiger partial charge in [-0.3, -0.25) is 4.79 Å². The van der Waals surface area contributed by atoms with Gasteiger partial charge in [-0.05, 0) is 67.9 Å². The second-order valence-corrected chi connectivity index (χ2v) is 7.71. The van der Waals surface area contributed by atoms with Crippen molar-refractivity contribution in [2.75, 3.05) is 13.2 Å². The van der Waals surface area contributed by atoms with Crippen molar-refractivity contribution in [2.24, 2.45) is 11.8 Å². The van der Waals surface area contributed by atoms with Crippen LogP contribution in [0.5, 0.6) is 0 Å². The number of benzene rings is 1. The number of aliphatic hydroxyl groups excluding tert-OH is 1. The van der Waals surface area contributed by atoms with Gasteiger partial charge in [-0.2, -0.15) is 0 Å². The Hall–Kier alpha value is -1.13. The summed E-state index contributed by atoms with van der Waals surface area (Å²) in [6.45, 7) is 5.58. The van der Waals surface area contributed by atoms with E-state index < -0.39 is 0 Å². The van der Waals surface area contributed by atoms with Crippen LogP contribution in [-0.2, 0) is 9.53 Å². The Morgan fingerprint density at radius 2 is 1.83 bits per heavy atom. The molecule has 0 bridgehead atoms. The van der Waals surface area contributed by atoms with E-state index in [9.17, 15) is 9.90 Å². The molecule has 0 saturated carbocycles. The molecule has 1 aromatic carbocycles. The molecule has 1 unspecified atom stereocenters. The van der Waals surface area contributed by atoms with Gasteiger partial charge in [-0.1, -0.05) is 15.9 Å². The lowest BCUT2D eigenvalue weighted by molar-refractivity contribution is -0.113. The molecule has 0 amide bonds. The van der Waals surface area contributed by atoms with Gasteiger partial charge in [0.1, 0.15) is 5.76 Å². The van der Waals surface area contributed by atoms with Crippen LogP contribution in [0.4, 0.5) is 0 Å². The van der Waals surface area contributed by atoms with Crippen molar-refractivity contribution in [1.29, 1.82) is 0 Å². The quantitative estimate of drug-likeness (QED) is 0.825. The molecule has 23 heavy (non-hydrogen) atoms. The average molecular weight is 379 g/mol. The molecule has 1 aliphatic heterocycles. The molecule has 4 heteroatoms. The zero-order valence-corrected chi connectivity index (χ0v) is 15.3. The number of hydrogen-bond donors (Lipinski definition) is 1. The zero-order valence-electron chi connectivity index (χ0n) is 13.7. The number of ketones is 1. The molecule has 0 spiro atoms. The molecule has 1 fully saturated rings. The van der Waals surface area contributed by atoms with Crippen molar-refractivity contribution in [2.45, 2.75) is 39.5 Å². The number of ether oxygens (including phenoxy) is 1. The number of carbonyl (C=O) groups excluding carboxylic acids is 1. The largest absolute Gasteiger partial charge is 0.511 e. The van der Waals surface area contributed by atoms with Crippen molar-refractivity contribution in [3.8, 4) is 0 Å². The summed E-state index contributed by atoms with van der Waals surface area (Å²) in [5.74, 6) is 0.904. The van der Waals surface area contributed by atoms with Gasteiger partial charge >= 0.3 is 0 Å². The van der Waals surface area contributed by atoms with Gasteiger partial charge in [0, 0.05) is 30.0 Å². The van der Waals surface area contributed by atoms with Gasteiger partial charge in [0.2, 0.25) is 0 Å². The van der Waals surface area contributed by atoms with Crippen LogP contribution in [0.15, 0.2) is 22.4 Å². The van der Waals surface area contributed by atoms with E-state index in [-0.39, 0.29) is 11.7 Å². The minimum absolute atomic E-state index is 0.0250. The summed E-state index contributed by atoms with van der Waals surface area (Å²) in [7, 11) is 0. The van der Waals surface area contributed by atoms with E-state index in [4.69, 9.17) is 4.74 Å². The maximum atomic E-state index is 12.6. The Morgan fingerprint density at radius 1 is 1.22 bits per heavy atom. The number of rotatable bonds is 3. The van der Waals surface area contributed by atoms with Gasteiger partial charge in [0.15, 0.2) is 5.78 Å². The maximum absolute atomic E-state index is 12.6. The monoisotopic (exact) mass is 378 g/mol. The minimum atomic E-state index is -0.0250. The Kier molecular flexibility index (Phi) is 4.93. The number of Topliss-reactive ketones (excluding diaryl/α,β-unsaturated/α-hetero) is 1. The van der Waals surface area contributed by atoms with Crippen LogP contribution in [-0.4, -0.2) is 24.1 Å². The lowest BCUT2D eigenvalue weighted by atomic mass is 9.88. The van der Waals surface area contributed by atoms with Crippen LogP contribution in [0.25, 0.3) is 5.57 Å². The smallest absolute Gasteiger partial charge is 0.167 e. The number of aliphatic hydroxyl groups is 1. The SMILES string of the molecule is Cc1cc(Br)cc(C)c1C1=C(O)C(CC2CCOCC2)CC1=O. The van der Waals surface area contributed by atoms with Gasteiger partial charge in [0.25, 0.3) is 0 Å². The Balaban J connectivity index is 1.90. The molecular weight excluding hydrogens is 356 g/mol. The summed E-state index contributed by atoms with van der Waals surface area (Å²) >= 11 is 3.49. The molecule has 2 aliphatic rings. The van der Waals surface area contributed by atoms with E-state index in [1.54, 1.807) is 0 Å². The number of carbonyl (C=O) groups is 1. The molecule has 0 aromatic heterocycles. The number of halogens is 1. The first-order chi connectivity index (χ1) is 11.0. The maximum Gasteiger partial charge on any atom is 0.167 e. The molecule has 3 nitrogen and oxygen atoms in total. The van der Waals surface area contributed by atoms with E-state index in [2.05, 4.69) is 15.9 Å².